The summed E-state index contributed by atoms with van der Waals surface area (Å²) in [6, 6.07) is 4.52. The van der Waals surface area contributed by atoms with Gasteiger partial charge in [0.2, 0.25) is 5.91 Å². The summed E-state index contributed by atoms with van der Waals surface area (Å²) in [5.41, 5.74) is 6.04. The predicted molar refractivity (Wildman–Crippen MR) is 88.0 cm³/mol. The number of carbonyl (C=O) groups is 1. The van der Waals surface area contributed by atoms with Crippen molar-refractivity contribution >= 4 is 24.0 Å². The molecule has 124 valence electrons. The Bertz CT molecular complexity index is 491. The second-order valence-corrected chi connectivity index (χ2v) is 5.73. The summed E-state index contributed by atoms with van der Waals surface area (Å²) < 4.78 is 19.6. The number of anilines is 1. The van der Waals surface area contributed by atoms with Crippen LogP contribution in [0.2, 0.25) is 0 Å². The molecular weight excluding hydrogens is 307 g/mol. The quantitative estimate of drug-likeness (QED) is 0.837. The molecule has 1 unspecified atom stereocenters. The van der Waals surface area contributed by atoms with Crippen molar-refractivity contribution in [3.63, 3.8) is 0 Å². The maximum Gasteiger partial charge on any atom is 0.224 e. The Kier molecular flexibility index (Phi) is 7.62. The van der Waals surface area contributed by atoms with Gasteiger partial charge in [-0.1, -0.05) is 0 Å². The molecule has 1 saturated carbocycles. The van der Waals surface area contributed by atoms with Crippen LogP contribution in [-0.4, -0.2) is 18.1 Å². The molecule has 1 fully saturated rings. The van der Waals surface area contributed by atoms with Crippen LogP contribution in [-0.2, 0) is 4.79 Å². The fourth-order valence-corrected chi connectivity index (χ4v) is 2.44. The van der Waals surface area contributed by atoms with E-state index in [2.05, 4.69) is 5.32 Å². The van der Waals surface area contributed by atoms with Gasteiger partial charge in [0.15, 0.2) is 11.6 Å². The van der Waals surface area contributed by atoms with Gasteiger partial charge in [-0.3, -0.25) is 4.79 Å². The van der Waals surface area contributed by atoms with Crippen molar-refractivity contribution in [1.82, 2.24) is 0 Å². The Labute approximate surface area is 137 Å². The fourth-order valence-electron chi connectivity index (χ4n) is 2.44. The Morgan fingerprint density at radius 3 is 2.73 bits per heavy atom. The first kappa shape index (κ1) is 18.7. The van der Waals surface area contributed by atoms with Crippen LogP contribution in [0, 0.1) is 5.82 Å². The molecule has 1 atom stereocenters. The minimum Gasteiger partial charge on any atom is -0.487 e. The number of nitrogens with one attached hydrogen (secondary N) is 1. The van der Waals surface area contributed by atoms with Crippen LogP contribution in [0.25, 0.3) is 0 Å². The van der Waals surface area contributed by atoms with Crippen molar-refractivity contribution in [3.05, 3.63) is 24.0 Å². The molecule has 3 N–H and O–H groups in total. The SMILES string of the molecule is CC(N)CCC(=O)Nc1ccc(OC2CCCC2)c(F)c1.Cl. The molecule has 2 rings (SSSR count). The number of rotatable bonds is 6. The monoisotopic (exact) mass is 330 g/mol. The molecule has 4 nitrogen and oxygen atoms in total. The van der Waals surface area contributed by atoms with Crippen LogP contribution >= 0.6 is 12.4 Å². The van der Waals surface area contributed by atoms with Crippen LogP contribution in [0.15, 0.2) is 18.2 Å². The van der Waals surface area contributed by atoms with Crippen molar-refractivity contribution in [2.45, 2.75) is 57.6 Å². The molecular formula is C16H24ClFN2O2. The lowest BCUT2D eigenvalue weighted by molar-refractivity contribution is -0.116. The molecule has 1 aromatic carbocycles. The lowest BCUT2D eigenvalue weighted by atomic mass is 10.2. The summed E-state index contributed by atoms with van der Waals surface area (Å²) in [7, 11) is 0. The molecule has 0 saturated heterocycles. The third-order valence-corrected chi connectivity index (χ3v) is 3.64. The van der Waals surface area contributed by atoms with Crippen molar-refractivity contribution in [2.75, 3.05) is 5.32 Å². The van der Waals surface area contributed by atoms with E-state index in [1.54, 1.807) is 12.1 Å². The summed E-state index contributed by atoms with van der Waals surface area (Å²) in [6.07, 6.45) is 5.30. The van der Waals surface area contributed by atoms with Gasteiger partial charge < -0.3 is 15.8 Å². The molecule has 0 spiro atoms. The van der Waals surface area contributed by atoms with E-state index in [4.69, 9.17) is 10.5 Å². The number of benzene rings is 1. The van der Waals surface area contributed by atoms with Crippen LogP contribution in [0.1, 0.15) is 45.4 Å². The molecule has 6 heteroatoms. The molecule has 0 aromatic heterocycles. The average molecular weight is 331 g/mol. The standard InChI is InChI=1S/C16H23FN2O2.ClH/c1-11(18)6-9-16(20)19-12-7-8-15(14(17)10-12)21-13-4-2-3-5-13;/h7-8,10-11,13H,2-6,9,18H2,1H3,(H,19,20);1H. The van der Waals surface area contributed by atoms with Crippen LogP contribution < -0.4 is 15.8 Å². The first-order chi connectivity index (χ1) is 10.0. The highest BCUT2D eigenvalue weighted by atomic mass is 35.5. The molecule has 1 aliphatic carbocycles. The molecule has 0 aliphatic heterocycles. The van der Waals surface area contributed by atoms with Crippen molar-refractivity contribution in [1.29, 1.82) is 0 Å². The first-order valence-electron chi connectivity index (χ1n) is 7.56. The van der Waals surface area contributed by atoms with Crippen molar-refractivity contribution in [3.8, 4) is 5.75 Å². The first-order valence-corrected chi connectivity index (χ1v) is 7.56. The summed E-state index contributed by atoms with van der Waals surface area (Å²) in [5, 5.41) is 2.67. The summed E-state index contributed by atoms with van der Waals surface area (Å²) in [5.74, 6) is -0.335. The van der Waals surface area contributed by atoms with E-state index in [-0.39, 0.29) is 36.2 Å². The Hall–Kier alpha value is -1.33. The molecule has 1 aliphatic rings. The van der Waals surface area contributed by atoms with E-state index >= 15 is 0 Å². The minimum atomic E-state index is -0.438. The van der Waals surface area contributed by atoms with E-state index in [0.717, 1.165) is 25.7 Å². The number of hydrogen-bond acceptors (Lipinski definition) is 3. The Balaban J connectivity index is 0.00000242. The maximum absolute atomic E-state index is 14.0. The molecule has 0 radical (unpaired) electrons. The average Bonchev–Trinajstić information content (AvgIpc) is 2.92. The van der Waals surface area contributed by atoms with Crippen LogP contribution in [0.3, 0.4) is 0 Å². The van der Waals surface area contributed by atoms with Gasteiger partial charge in [0.1, 0.15) is 0 Å². The van der Waals surface area contributed by atoms with Crippen LogP contribution in [0.5, 0.6) is 5.75 Å². The zero-order valence-corrected chi connectivity index (χ0v) is 13.6. The van der Waals surface area contributed by atoms with Crippen LogP contribution in [0.4, 0.5) is 10.1 Å². The van der Waals surface area contributed by atoms with E-state index < -0.39 is 5.82 Å². The topological polar surface area (TPSA) is 64.4 Å². The fraction of sp³-hybridized carbons (Fsp3) is 0.562. The zero-order valence-electron chi connectivity index (χ0n) is 12.8. The lowest BCUT2D eigenvalue weighted by Gasteiger charge is -2.14. The second kappa shape index (κ2) is 8.96. The minimum absolute atomic E-state index is 0. The number of amides is 1. The predicted octanol–water partition coefficient (Wildman–Crippen LogP) is 3.63. The molecule has 1 amide bonds. The Morgan fingerprint density at radius 2 is 2.14 bits per heavy atom. The highest BCUT2D eigenvalue weighted by molar-refractivity contribution is 5.90. The van der Waals surface area contributed by atoms with Gasteiger partial charge in [-0.2, -0.15) is 0 Å². The summed E-state index contributed by atoms with van der Waals surface area (Å²) in [4.78, 5) is 11.7. The van der Waals surface area contributed by atoms with Gasteiger partial charge >= 0.3 is 0 Å². The van der Waals surface area contributed by atoms with Gasteiger partial charge in [0.05, 0.1) is 6.10 Å². The largest absolute Gasteiger partial charge is 0.487 e. The van der Waals surface area contributed by atoms with E-state index in [0.29, 0.717) is 18.5 Å². The number of nitrogens with two attached hydrogens (primary N) is 1. The smallest absolute Gasteiger partial charge is 0.224 e. The maximum atomic E-state index is 14.0. The van der Waals surface area contributed by atoms with E-state index in [1.807, 2.05) is 6.92 Å². The summed E-state index contributed by atoms with van der Waals surface area (Å²) >= 11 is 0. The van der Waals surface area contributed by atoms with Crippen molar-refractivity contribution < 1.29 is 13.9 Å². The van der Waals surface area contributed by atoms with Crippen molar-refractivity contribution in [2.24, 2.45) is 5.73 Å². The molecule has 0 heterocycles. The van der Waals surface area contributed by atoms with Gasteiger partial charge in [0, 0.05) is 24.2 Å². The van der Waals surface area contributed by atoms with Gasteiger partial charge in [0.25, 0.3) is 0 Å². The van der Waals surface area contributed by atoms with E-state index in [9.17, 15) is 9.18 Å². The number of halogens is 2. The number of ether oxygens (including phenoxy) is 1. The normalized spacial score (nSPS) is 16.0. The zero-order chi connectivity index (χ0) is 15.2. The highest BCUT2D eigenvalue weighted by Crippen LogP contribution is 2.27. The summed E-state index contributed by atoms with van der Waals surface area (Å²) in [6.45, 7) is 1.85. The number of hydrogen-bond donors (Lipinski definition) is 2. The number of carbonyl (C=O) groups excluding carboxylic acids is 1. The lowest BCUT2D eigenvalue weighted by Crippen LogP contribution is -2.19. The van der Waals surface area contributed by atoms with Gasteiger partial charge in [-0.25, -0.2) is 4.39 Å². The Morgan fingerprint density at radius 1 is 1.45 bits per heavy atom. The van der Waals surface area contributed by atoms with Gasteiger partial charge in [-0.15, -0.1) is 12.4 Å². The van der Waals surface area contributed by atoms with Gasteiger partial charge in [-0.05, 0) is 51.2 Å². The third kappa shape index (κ3) is 5.81. The molecule has 22 heavy (non-hydrogen) atoms. The highest BCUT2D eigenvalue weighted by Gasteiger charge is 2.18. The van der Waals surface area contributed by atoms with E-state index in [1.165, 1.54) is 6.07 Å². The third-order valence-electron chi connectivity index (χ3n) is 3.64. The molecule has 0 bridgehead atoms. The second-order valence-electron chi connectivity index (χ2n) is 5.73. The molecule has 1 aromatic rings.